The van der Waals surface area contributed by atoms with Crippen molar-refractivity contribution in [3.8, 4) is 11.1 Å². The Morgan fingerprint density at radius 1 is 1.20 bits per heavy atom. The van der Waals surface area contributed by atoms with Crippen molar-refractivity contribution < 1.29 is 12.8 Å². The van der Waals surface area contributed by atoms with Crippen LogP contribution >= 0.6 is 0 Å². The molecule has 0 saturated carbocycles. The first-order valence-corrected chi connectivity index (χ1v) is 10.3. The second kappa shape index (κ2) is 6.41. The molecule has 0 N–H and O–H groups in total. The summed E-state index contributed by atoms with van der Waals surface area (Å²) in [6, 6.07) is 6.38. The van der Waals surface area contributed by atoms with Crippen LogP contribution in [0.25, 0.3) is 11.1 Å². The van der Waals surface area contributed by atoms with E-state index < -0.39 is 10.0 Å². The van der Waals surface area contributed by atoms with Crippen LogP contribution in [0.2, 0.25) is 0 Å². The van der Waals surface area contributed by atoms with Crippen LogP contribution in [-0.2, 0) is 16.4 Å². The third kappa shape index (κ3) is 3.27. The van der Waals surface area contributed by atoms with Gasteiger partial charge < -0.3 is 0 Å². The molecule has 25 heavy (non-hydrogen) atoms. The predicted molar refractivity (Wildman–Crippen MR) is 99.0 cm³/mol. The summed E-state index contributed by atoms with van der Waals surface area (Å²) in [6.45, 7) is 6.55. The Kier molecular flexibility index (Phi) is 4.58. The van der Waals surface area contributed by atoms with Crippen molar-refractivity contribution in [1.29, 1.82) is 0 Å². The second-order valence-corrected chi connectivity index (χ2v) is 8.81. The summed E-state index contributed by atoms with van der Waals surface area (Å²) >= 11 is 0. The molecule has 6 heteroatoms. The molecular formula is C19H23FN2O2S. The Morgan fingerprint density at radius 3 is 2.40 bits per heavy atom. The zero-order chi connectivity index (χ0) is 18.4. The Balaban J connectivity index is 2.34. The number of halogens is 1. The Morgan fingerprint density at radius 2 is 1.84 bits per heavy atom. The first kappa shape index (κ1) is 17.9. The highest BCUT2D eigenvalue weighted by atomic mass is 32.2. The highest BCUT2D eigenvalue weighted by molar-refractivity contribution is 7.92. The van der Waals surface area contributed by atoms with Gasteiger partial charge in [-0.3, -0.25) is 4.31 Å². The molecule has 0 saturated heterocycles. The average Bonchev–Trinajstić information content (AvgIpc) is 2.53. The van der Waals surface area contributed by atoms with Crippen molar-refractivity contribution >= 4 is 15.8 Å². The molecule has 0 fully saturated rings. The number of nitrogens with zero attached hydrogens (tertiary/aromatic N) is 2. The van der Waals surface area contributed by atoms with Gasteiger partial charge in [0.2, 0.25) is 10.0 Å². The minimum Gasteiger partial charge on any atom is -0.254 e. The zero-order valence-electron chi connectivity index (χ0n) is 15.0. The van der Waals surface area contributed by atoms with E-state index in [1.807, 2.05) is 20.8 Å². The molecule has 0 unspecified atom stereocenters. The Labute approximate surface area is 148 Å². The van der Waals surface area contributed by atoms with Crippen LogP contribution in [0.3, 0.4) is 0 Å². The maximum atomic E-state index is 13.4. The van der Waals surface area contributed by atoms with Crippen molar-refractivity contribution in [3.05, 3.63) is 46.9 Å². The molecule has 2 aromatic rings. The van der Waals surface area contributed by atoms with Crippen LogP contribution in [0, 0.1) is 12.7 Å². The fraction of sp³-hybridized carbons (Fsp3) is 0.421. The van der Waals surface area contributed by atoms with Crippen molar-refractivity contribution in [2.75, 3.05) is 17.1 Å². The van der Waals surface area contributed by atoms with E-state index in [4.69, 9.17) is 4.98 Å². The minimum atomic E-state index is -3.39. The van der Waals surface area contributed by atoms with Crippen LogP contribution in [-0.4, -0.2) is 26.2 Å². The number of sulfonamides is 1. The van der Waals surface area contributed by atoms with Gasteiger partial charge in [0.25, 0.3) is 0 Å². The van der Waals surface area contributed by atoms with Crippen LogP contribution < -0.4 is 4.31 Å². The molecule has 1 aliphatic rings. The number of hydrogen-bond donors (Lipinski definition) is 0. The van der Waals surface area contributed by atoms with Crippen molar-refractivity contribution in [2.45, 2.75) is 39.5 Å². The number of rotatable bonds is 3. The quantitative estimate of drug-likeness (QED) is 0.828. The normalized spacial score (nSPS) is 14.7. The van der Waals surface area contributed by atoms with E-state index >= 15 is 0 Å². The molecule has 3 rings (SSSR count). The lowest BCUT2D eigenvalue weighted by Crippen LogP contribution is -2.36. The van der Waals surface area contributed by atoms with E-state index in [2.05, 4.69) is 0 Å². The Bertz CT molecular complexity index is 906. The fourth-order valence-electron chi connectivity index (χ4n) is 3.57. The van der Waals surface area contributed by atoms with Gasteiger partial charge in [0, 0.05) is 17.8 Å². The average molecular weight is 362 g/mol. The second-order valence-electron chi connectivity index (χ2n) is 6.90. The number of aromatic nitrogens is 1. The van der Waals surface area contributed by atoms with E-state index in [9.17, 15) is 12.8 Å². The smallest absolute Gasteiger partial charge is 0.233 e. The predicted octanol–water partition coefficient (Wildman–Crippen LogP) is 4.03. The molecule has 0 amide bonds. The first-order valence-electron chi connectivity index (χ1n) is 8.47. The lowest BCUT2D eigenvalue weighted by molar-refractivity contribution is 0.591. The Hall–Kier alpha value is -1.95. The summed E-state index contributed by atoms with van der Waals surface area (Å²) in [4.78, 5) is 4.74. The van der Waals surface area contributed by atoms with E-state index in [0.29, 0.717) is 12.4 Å². The monoisotopic (exact) mass is 362 g/mol. The van der Waals surface area contributed by atoms with Gasteiger partial charge in [0.1, 0.15) is 11.6 Å². The summed E-state index contributed by atoms with van der Waals surface area (Å²) in [5, 5.41) is 0. The number of anilines is 1. The van der Waals surface area contributed by atoms with Gasteiger partial charge in [-0.1, -0.05) is 26.0 Å². The molecule has 1 aromatic heterocycles. The van der Waals surface area contributed by atoms with Crippen LogP contribution in [0.5, 0.6) is 0 Å². The topological polar surface area (TPSA) is 50.3 Å². The molecule has 1 aromatic carbocycles. The van der Waals surface area contributed by atoms with Gasteiger partial charge in [-0.2, -0.15) is 0 Å². The van der Waals surface area contributed by atoms with Crippen LogP contribution in [0.4, 0.5) is 10.2 Å². The van der Waals surface area contributed by atoms with E-state index in [-0.39, 0.29) is 11.7 Å². The fourth-order valence-corrected chi connectivity index (χ4v) is 4.50. The van der Waals surface area contributed by atoms with Gasteiger partial charge in [-0.05, 0) is 54.5 Å². The van der Waals surface area contributed by atoms with E-state index in [1.165, 1.54) is 22.7 Å². The van der Waals surface area contributed by atoms with E-state index in [0.717, 1.165) is 40.8 Å². The zero-order valence-corrected chi connectivity index (χ0v) is 15.8. The first-order chi connectivity index (χ1) is 11.7. The summed E-state index contributed by atoms with van der Waals surface area (Å²) < 4.78 is 39.3. The number of benzene rings is 1. The summed E-state index contributed by atoms with van der Waals surface area (Å²) in [6.07, 6.45) is 2.73. The van der Waals surface area contributed by atoms with Gasteiger partial charge in [-0.15, -0.1) is 0 Å². The number of hydrogen-bond acceptors (Lipinski definition) is 3. The van der Waals surface area contributed by atoms with Crippen LogP contribution in [0.15, 0.2) is 24.3 Å². The largest absolute Gasteiger partial charge is 0.254 e. The molecule has 0 atom stereocenters. The highest BCUT2D eigenvalue weighted by Gasteiger charge is 2.30. The van der Waals surface area contributed by atoms with Crippen molar-refractivity contribution in [2.24, 2.45) is 0 Å². The maximum Gasteiger partial charge on any atom is 0.233 e. The molecule has 0 spiro atoms. The molecule has 134 valence electrons. The third-order valence-electron chi connectivity index (χ3n) is 4.66. The minimum absolute atomic E-state index is 0.160. The molecule has 2 heterocycles. The standard InChI is InChI=1S/C19H23FN2O2S/c1-12(2)18-13(3)17(14-7-9-15(20)10-8-14)16-6-5-11-22(19(16)21-18)25(4,23)24/h7-10,12H,5-6,11H2,1-4H3. The molecule has 0 bridgehead atoms. The van der Waals surface area contributed by atoms with Crippen LogP contribution in [0.1, 0.15) is 43.0 Å². The third-order valence-corrected chi connectivity index (χ3v) is 5.82. The van der Waals surface area contributed by atoms with Gasteiger partial charge in [0.05, 0.1) is 6.26 Å². The number of fused-ring (bicyclic) bond motifs is 1. The van der Waals surface area contributed by atoms with Gasteiger partial charge in [0.15, 0.2) is 0 Å². The summed E-state index contributed by atoms with van der Waals surface area (Å²) in [5.74, 6) is 0.404. The van der Waals surface area contributed by atoms with Crippen molar-refractivity contribution in [3.63, 3.8) is 0 Å². The van der Waals surface area contributed by atoms with Gasteiger partial charge >= 0.3 is 0 Å². The lowest BCUT2D eigenvalue weighted by atomic mass is 9.88. The molecule has 4 nitrogen and oxygen atoms in total. The lowest BCUT2D eigenvalue weighted by Gasteiger charge is -2.32. The SMILES string of the molecule is Cc1c(C(C)C)nc2c(c1-c1ccc(F)cc1)CCCN2S(C)(=O)=O. The maximum absolute atomic E-state index is 13.4. The summed E-state index contributed by atoms with van der Waals surface area (Å²) in [7, 11) is -3.39. The molecule has 0 aliphatic carbocycles. The molecule has 1 aliphatic heterocycles. The number of pyridine rings is 1. The van der Waals surface area contributed by atoms with E-state index in [1.54, 1.807) is 12.1 Å². The molecule has 0 radical (unpaired) electrons. The molecular weight excluding hydrogens is 339 g/mol. The summed E-state index contributed by atoms with van der Waals surface area (Å²) in [5.41, 5.74) is 4.74. The van der Waals surface area contributed by atoms with Crippen molar-refractivity contribution in [1.82, 2.24) is 4.98 Å². The van der Waals surface area contributed by atoms with Gasteiger partial charge in [-0.25, -0.2) is 17.8 Å². The highest BCUT2D eigenvalue weighted by Crippen LogP contribution is 2.40.